The summed E-state index contributed by atoms with van der Waals surface area (Å²) in [5.41, 5.74) is 4.72. The molecule has 0 radical (unpaired) electrons. The smallest absolute Gasteiger partial charge is 0.339 e. The standard InChI is InChI=1S/C25H22ClN3O3/c1-15-9-10-20(13-22(15)26)28-24(30)19(14-27)12-18-11-16(2)29(17(18)3)23-8-6-5-7-21(23)25(31)32-4/h5-13H,1-4H3,(H,28,30)/b19-12-. The maximum atomic E-state index is 12.7. The predicted octanol–water partition coefficient (Wildman–Crippen LogP) is 5.39. The summed E-state index contributed by atoms with van der Waals surface area (Å²) in [6.45, 7) is 5.61. The third-order valence-corrected chi connectivity index (χ3v) is 5.52. The van der Waals surface area contributed by atoms with Crippen molar-refractivity contribution in [3.8, 4) is 11.8 Å². The van der Waals surface area contributed by atoms with E-state index in [1.807, 2.05) is 49.6 Å². The number of carbonyl (C=O) groups excluding carboxylic acids is 2. The zero-order chi connectivity index (χ0) is 23.4. The average molecular weight is 448 g/mol. The number of aromatic nitrogens is 1. The second-order valence-electron chi connectivity index (χ2n) is 7.26. The molecule has 0 atom stereocenters. The molecule has 3 aromatic rings. The highest BCUT2D eigenvalue weighted by atomic mass is 35.5. The molecule has 3 rings (SSSR count). The number of hydrogen-bond donors (Lipinski definition) is 1. The van der Waals surface area contributed by atoms with Crippen LogP contribution in [0.15, 0.2) is 54.1 Å². The Bertz CT molecular complexity index is 1280. The number of para-hydroxylation sites is 1. The van der Waals surface area contributed by atoms with Crippen molar-refractivity contribution in [2.24, 2.45) is 0 Å². The topological polar surface area (TPSA) is 84.1 Å². The molecule has 1 N–H and O–H groups in total. The van der Waals surface area contributed by atoms with Gasteiger partial charge < -0.3 is 14.6 Å². The second kappa shape index (κ2) is 9.54. The monoisotopic (exact) mass is 447 g/mol. The summed E-state index contributed by atoms with van der Waals surface area (Å²) in [5, 5.41) is 12.8. The van der Waals surface area contributed by atoms with E-state index in [-0.39, 0.29) is 5.57 Å². The van der Waals surface area contributed by atoms with Gasteiger partial charge in [-0.2, -0.15) is 5.26 Å². The lowest BCUT2D eigenvalue weighted by Crippen LogP contribution is -2.13. The van der Waals surface area contributed by atoms with E-state index >= 15 is 0 Å². The molecule has 32 heavy (non-hydrogen) atoms. The Morgan fingerprint density at radius 1 is 1.12 bits per heavy atom. The van der Waals surface area contributed by atoms with Crippen LogP contribution in [0.5, 0.6) is 0 Å². The Morgan fingerprint density at radius 2 is 1.84 bits per heavy atom. The second-order valence-corrected chi connectivity index (χ2v) is 7.67. The van der Waals surface area contributed by atoms with E-state index in [1.54, 1.807) is 30.3 Å². The minimum Gasteiger partial charge on any atom is -0.465 e. The van der Waals surface area contributed by atoms with Gasteiger partial charge in [0.2, 0.25) is 0 Å². The Labute approximate surface area is 191 Å². The summed E-state index contributed by atoms with van der Waals surface area (Å²) >= 11 is 6.12. The maximum Gasteiger partial charge on any atom is 0.339 e. The third kappa shape index (κ3) is 4.58. The molecule has 6 nitrogen and oxygen atoms in total. The van der Waals surface area contributed by atoms with Gasteiger partial charge >= 0.3 is 5.97 Å². The predicted molar refractivity (Wildman–Crippen MR) is 125 cm³/mol. The molecule has 0 aliphatic heterocycles. The summed E-state index contributed by atoms with van der Waals surface area (Å²) in [6.07, 6.45) is 1.53. The first-order valence-corrected chi connectivity index (χ1v) is 10.2. The van der Waals surface area contributed by atoms with Crippen LogP contribution >= 0.6 is 11.6 Å². The first kappa shape index (κ1) is 22.9. The molecule has 0 unspecified atom stereocenters. The maximum absolute atomic E-state index is 12.7. The van der Waals surface area contributed by atoms with E-state index in [1.165, 1.54) is 13.2 Å². The minimum absolute atomic E-state index is 0.0526. The van der Waals surface area contributed by atoms with Crippen LogP contribution in [-0.4, -0.2) is 23.6 Å². The van der Waals surface area contributed by atoms with E-state index in [9.17, 15) is 14.9 Å². The summed E-state index contributed by atoms with van der Waals surface area (Å²) in [4.78, 5) is 24.9. The molecular weight excluding hydrogens is 426 g/mol. The SMILES string of the molecule is COC(=O)c1ccccc1-n1c(C)cc(/C=C(/C#N)C(=O)Nc2ccc(C)c(Cl)c2)c1C. The van der Waals surface area contributed by atoms with Gasteiger partial charge in [-0.3, -0.25) is 4.79 Å². The van der Waals surface area contributed by atoms with Crippen molar-refractivity contribution in [1.82, 2.24) is 4.57 Å². The van der Waals surface area contributed by atoms with E-state index < -0.39 is 11.9 Å². The number of nitrogens with zero attached hydrogens (tertiary/aromatic N) is 2. The normalized spacial score (nSPS) is 11.1. The number of rotatable bonds is 5. The van der Waals surface area contributed by atoms with Gasteiger partial charge in [0.1, 0.15) is 11.6 Å². The largest absolute Gasteiger partial charge is 0.465 e. The fourth-order valence-electron chi connectivity index (χ4n) is 3.43. The van der Waals surface area contributed by atoms with Crippen LogP contribution in [0.4, 0.5) is 5.69 Å². The van der Waals surface area contributed by atoms with Gasteiger partial charge in [-0.1, -0.05) is 29.8 Å². The lowest BCUT2D eigenvalue weighted by molar-refractivity contribution is -0.112. The van der Waals surface area contributed by atoms with Gasteiger partial charge in [0.05, 0.1) is 18.4 Å². The fourth-order valence-corrected chi connectivity index (χ4v) is 3.61. The van der Waals surface area contributed by atoms with Crippen molar-refractivity contribution in [2.75, 3.05) is 12.4 Å². The summed E-state index contributed by atoms with van der Waals surface area (Å²) < 4.78 is 6.79. The Hall–Kier alpha value is -3.82. The average Bonchev–Trinajstić information content (AvgIpc) is 3.06. The molecule has 0 saturated heterocycles. The number of halogens is 1. The molecule has 0 fully saturated rings. The summed E-state index contributed by atoms with van der Waals surface area (Å²) in [5.74, 6) is -0.980. The fraction of sp³-hybridized carbons (Fsp3) is 0.160. The number of nitrogens with one attached hydrogen (secondary N) is 1. The number of methoxy groups -OCH3 is 1. The lowest BCUT2D eigenvalue weighted by Gasteiger charge is -2.13. The number of nitriles is 1. The first-order chi connectivity index (χ1) is 15.3. The highest BCUT2D eigenvalue weighted by Crippen LogP contribution is 2.26. The van der Waals surface area contributed by atoms with Gasteiger partial charge in [-0.05, 0) is 68.3 Å². The number of aryl methyl sites for hydroxylation is 2. The summed E-state index contributed by atoms with van der Waals surface area (Å²) in [6, 6.07) is 16.1. The highest BCUT2D eigenvalue weighted by Gasteiger charge is 2.18. The molecule has 162 valence electrons. The van der Waals surface area contributed by atoms with Crippen LogP contribution in [-0.2, 0) is 9.53 Å². The Balaban J connectivity index is 1.99. The number of esters is 1. The number of ether oxygens (including phenoxy) is 1. The zero-order valence-corrected chi connectivity index (χ0v) is 18.9. The molecule has 7 heteroatoms. The highest BCUT2D eigenvalue weighted by molar-refractivity contribution is 6.31. The quantitative estimate of drug-likeness (QED) is 0.323. The number of benzene rings is 2. The summed E-state index contributed by atoms with van der Waals surface area (Å²) in [7, 11) is 1.34. The molecular formula is C25H22ClN3O3. The molecule has 0 bridgehead atoms. The lowest BCUT2D eigenvalue weighted by atomic mass is 10.1. The van der Waals surface area contributed by atoms with Gasteiger partial charge in [0.15, 0.2) is 0 Å². The molecule has 2 aromatic carbocycles. The van der Waals surface area contributed by atoms with Crippen molar-refractivity contribution >= 4 is 35.2 Å². The van der Waals surface area contributed by atoms with Crippen molar-refractivity contribution in [2.45, 2.75) is 20.8 Å². The van der Waals surface area contributed by atoms with Gasteiger partial charge in [0.25, 0.3) is 5.91 Å². The molecule has 0 aliphatic rings. The van der Waals surface area contributed by atoms with Crippen molar-refractivity contribution in [3.63, 3.8) is 0 Å². The molecule has 1 aromatic heterocycles. The molecule has 0 saturated carbocycles. The van der Waals surface area contributed by atoms with Gasteiger partial charge in [-0.25, -0.2) is 4.79 Å². The van der Waals surface area contributed by atoms with Crippen molar-refractivity contribution in [3.05, 3.63) is 87.2 Å². The van der Waals surface area contributed by atoms with E-state index in [4.69, 9.17) is 16.3 Å². The zero-order valence-electron chi connectivity index (χ0n) is 18.2. The number of anilines is 1. The van der Waals surface area contributed by atoms with Gasteiger partial charge in [-0.15, -0.1) is 0 Å². The van der Waals surface area contributed by atoms with Gasteiger partial charge in [0, 0.05) is 22.1 Å². The van der Waals surface area contributed by atoms with Crippen LogP contribution in [0.1, 0.15) is 32.9 Å². The minimum atomic E-state index is -0.535. The third-order valence-electron chi connectivity index (χ3n) is 5.12. The first-order valence-electron chi connectivity index (χ1n) is 9.82. The van der Waals surface area contributed by atoms with Crippen molar-refractivity contribution < 1.29 is 14.3 Å². The van der Waals surface area contributed by atoms with Crippen LogP contribution in [0, 0.1) is 32.1 Å². The van der Waals surface area contributed by atoms with Crippen LogP contribution < -0.4 is 5.32 Å². The molecule has 0 spiro atoms. The number of hydrogen-bond acceptors (Lipinski definition) is 4. The van der Waals surface area contributed by atoms with Crippen LogP contribution in [0.25, 0.3) is 11.8 Å². The Morgan fingerprint density at radius 3 is 2.50 bits per heavy atom. The van der Waals surface area contributed by atoms with E-state index in [0.717, 1.165) is 17.0 Å². The Kier molecular flexibility index (Phi) is 6.82. The number of carbonyl (C=O) groups is 2. The van der Waals surface area contributed by atoms with Crippen molar-refractivity contribution in [1.29, 1.82) is 5.26 Å². The molecule has 1 amide bonds. The van der Waals surface area contributed by atoms with Crippen LogP contribution in [0.2, 0.25) is 5.02 Å². The number of amides is 1. The van der Waals surface area contributed by atoms with Crippen LogP contribution in [0.3, 0.4) is 0 Å². The molecule has 1 heterocycles. The van der Waals surface area contributed by atoms with E-state index in [2.05, 4.69) is 5.32 Å². The van der Waals surface area contributed by atoms with E-state index in [0.29, 0.717) is 27.5 Å². The molecule has 0 aliphatic carbocycles.